The number of amides is 2. The maximum absolute atomic E-state index is 13.2. The van der Waals surface area contributed by atoms with Crippen LogP contribution in [0.1, 0.15) is 24.5 Å². The Labute approximate surface area is 186 Å². The van der Waals surface area contributed by atoms with E-state index in [1.54, 1.807) is 22.2 Å². The maximum atomic E-state index is 13.2. The predicted octanol–water partition coefficient (Wildman–Crippen LogP) is 3.52. The van der Waals surface area contributed by atoms with Gasteiger partial charge in [-0.05, 0) is 54.8 Å². The topological polar surface area (TPSA) is 67.2 Å². The summed E-state index contributed by atoms with van der Waals surface area (Å²) in [5, 5.41) is 9.30. The highest BCUT2D eigenvalue weighted by Gasteiger charge is 2.45. The number of nitrogens with one attached hydrogen (secondary N) is 1. The van der Waals surface area contributed by atoms with E-state index in [2.05, 4.69) is 40.1 Å². The van der Waals surface area contributed by atoms with Gasteiger partial charge in [-0.1, -0.05) is 30.3 Å². The highest BCUT2D eigenvalue weighted by atomic mass is 32.1. The van der Waals surface area contributed by atoms with Crippen LogP contribution in [0.5, 0.6) is 0 Å². The maximum Gasteiger partial charge on any atom is 0.244 e. The standard InChI is InChI=1S/C24H28N4O2S/c1-3-25-23(30)24(13-19-6-4-7-20(12-19)21-8-5-11-31-21)9-10-27(17-24)22(29)16-28-15-18(2)14-26-28/h4-8,11-12,14-15H,3,9-10,13,16-17H2,1-2H3,(H,25,30)/t24-/m1/s1. The average Bonchev–Trinajstić information content (AvgIpc) is 3.50. The largest absolute Gasteiger partial charge is 0.356 e. The minimum atomic E-state index is -0.611. The lowest BCUT2D eigenvalue weighted by Gasteiger charge is -2.28. The van der Waals surface area contributed by atoms with Gasteiger partial charge in [0, 0.05) is 30.7 Å². The molecule has 2 amide bonds. The molecule has 0 unspecified atom stereocenters. The molecule has 3 aromatic rings. The molecule has 0 saturated carbocycles. The number of aromatic nitrogens is 2. The van der Waals surface area contributed by atoms with Gasteiger partial charge in [0.25, 0.3) is 0 Å². The smallest absolute Gasteiger partial charge is 0.244 e. The van der Waals surface area contributed by atoms with Gasteiger partial charge in [0.15, 0.2) is 0 Å². The quantitative estimate of drug-likeness (QED) is 0.616. The van der Waals surface area contributed by atoms with E-state index in [0.29, 0.717) is 32.5 Å². The number of carbonyl (C=O) groups excluding carboxylic acids is 2. The Kier molecular flexibility index (Phi) is 6.23. The third kappa shape index (κ3) is 4.71. The molecule has 4 rings (SSSR count). The first-order valence-electron chi connectivity index (χ1n) is 10.7. The lowest BCUT2D eigenvalue weighted by atomic mass is 9.79. The number of carbonyl (C=O) groups is 2. The molecule has 3 heterocycles. The summed E-state index contributed by atoms with van der Waals surface area (Å²) in [6.07, 6.45) is 4.88. The zero-order chi connectivity index (χ0) is 21.8. The fraction of sp³-hybridized carbons (Fsp3) is 0.375. The second-order valence-electron chi connectivity index (χ2n) is 8.27. The summed E-state index contributed by atoms with van der Waals surface area (Å²) in [4.78, 5) is 29.1. The number of thiophene rings is 1. The zero-order valence-electron chi connectivity index (χ0n) is 18.0. The van der Waals surface area contributed by atoms with Gasteiger partial charge in [0.1, 0.15) is 6.54 Å². The van der Waals surface area contributed by atoms with Crippen LogP contribution in [0.15, 0.2) is 54.2 Å². The summed E-state index contributed by atoms with van der Waals surface area (Å²) in [6, 6.07) is 12.6. The summed E-state index contributed by atoms with van der Waals surface area (Å²) in [6.45, 7) is 5.68. The predicted molar refractivity (Wildman–Crippen MR) is 123 cm³/mol. The van der Waals surface area contributed by atoms with Crippen molar-refractivity contribution in [2.45, 2.75) is 33.2 Å². The molecule has 162 valence electrons. The average molecular weight is 437 g/mol. The Hall–Kier alpha value is -2.93. The molecule has 1 N–H and O–H groups in total. The summed E-state index contributed by atoms with van der Waals surface area (Å²) in [5.74, 6) is 0.0309. The minimum Gasteiger partial charge on any atom is -0.356 e. The van der Waals surface area contributed by atoms with Crippen LogP contribution in [0.4, 0.5) is 0 Å². The number of hydrogen-bond acceptors (Lipinski definition) is 4. The van der Waals surface area contributed by atoms with E-state index < -0.39 is 5.41 Å². The molecule has 0 spiro atoms. The van der Waals surface area contributed by atoms with Gasteiger partial charge < -0.3 is 10.2 Å². The van der Waals surface area contributed by atoms with Crippen molar-refractivity contribution in [1.29, 1.82) is 0 Å². The van der Waals surface area contributed by atoms with Gasteiger partial charge in [0.2, 0.25) is 11.8 Å². The summed E-state index contributed by atoms with van der Waals surface area (Å²) < 4.78 is 1.66. The van der Waals surface area contributed by atoms with E-state index in [1.165, 1.54) is 10.4 Å². The summed E-state index contributed by atoms with van der Waals surface area (Å²) in [7, 11) is 0. The molecule has 1 fully saturated rings. The number of nitrogens with zero attached hydrogens (tertiary/aromatic N) is 3. The highest BCUT2D eigenvalue weighted by molar-refractivity contribution is 7.13. The minimum absolute atomic E-state index is 0.00149. The fourth-order valence-corrected chi connectivity index (χ4v) is 5.03. The summed E-state index contributed by atoms with van der Waals surface area (Å²) >= 11 is 1.71. The summed E-state index contributed by atoms with van der Waals surface area (Å²) in [5.41, 5.74) is 2.70. The van der Waals surface area contributed by atoms with Crippen molar-refractivity contribution in [2.24, 2.45) is 5.41 Å². The van der Waals surface area contributed by atoms with E-state index in [9.17, 15) is 9.59 Å². The number of hydrogen-bond donors (Lipinski definition) is 1. The molecular formula is C24H28N4O2S. The fourth-order valence-electron chi connectivity index (χ4n) is 4.30. The van der Waals surface area contributed by atoms with Crippen LogP contribution in [-0.2, 0) is 22.6 Å². The van der Waals surface area contributed by atoms with Crippen LogP contribution >= 0.6 is 11.3 Å². The normalized spacial score (nSPS) is 18.3. The van der Waals surface area contributed by atoms with E-state index in [0.717, 1.165) is 11.1 Å². The van der Waals surface area contributed by atoms with Crippen molar-refractivity contribution < 1.29 is 9.59 Å². The van der Waals surface area contributed by atoms with Gasteiger partial charge in [-0.25, -0.2) is 0 Å². The molecule has 1 aromatic carbocycles. The molecular weight excluding hydrogens is 408 g/mol. The van der Waals surface area contributed by atoms with E-state index in [-0.39, 0.29) is 18.4 Å². The van der Waals surface area contributed by atoms with Gasteiger partial charge in [-0.3, -0.25) is 14.3 Å². The van der Waals surface area contributed by atoms with Crippen molar-refractivity contribution >= 4 is 23.2 Å². The Morgan fingerprint density at radius 2 is 2.13 bits per heavy atom. The lowest BCUT2D eigenvalue weighted by Crippen LogP contribution is -2.45. The van der Waals surface area contributed by atoms with Crippen molar-refractivity contribution in [2.75, 3.05) is 19.6 Å². The van der Waals surface area contributed by atoms with Crippen molar-refractivity contribution in [3.8, 4) is 10.4 Å². The third-order valence-electron chi connectivity index (χ3n) is 5.86. The lowest BCUT2D eigenvalue weighted by molar-refractivity contribution is -0.133. The Balaban J connectivity index is 1.53. The Bertz CT molecular complexity index is 1060. The molecule has 2 aromatic heterocycles. The number of rotatable bonds is 7. The van der Waals surface area contributed by atoms with Crippen molar-refractivity contribution in [3.05, 3.63) is 65.3 Å². The molecule has 1 atom stereocenters. The van der Waals surface area contributed by atoms with Crippen LogP contribution in [0, 0.1) is 12.3 Å². The van der Waals surface area contributed by atoms with E-state index in [4.69, 9.17) is 0 Å². The molecule has 0 bridgehead atoms. The molecule has 0 radical (unpaired) electrons. The second kappa shape index (κ2) is 9.06. The Morgan fingerprint density at radius 1 is 1.26 bits per heavy atom. The van der Waals surface area contributed by atoms with Crippen molar-refractivity contribution in [3.63, 3.8) is 0 Å². The molecule has 6 nitrogen and oxygen atoms in total. The van der Waals surface area contributed by atoms with Crippen LogP contribution in [0.2, 0.25) is 0 Å². The first-order valence-corrected chi connectivity index (χ1v) is 11.5. The molecule has 1 aliphatic heterocycles. The van der Waals surface area contributed by atoms with E-state index >= 15 is 0 Å². The molecule has 0 aliphatic carbocycles. The molecule has 1 aliphatic rings. The van der Waals surface area contributed by atoms with Gasteiger partial charge in [-0.2, -0.15) is 5.10 Å². The number of benzene rings is 1. The van der Waals surface area contributed by atoms with Crippen LogP contribution in [0.3, 0.4) is 0 Å². The zero-order valence-corrected chi connectivity index (χ0v) is 18.8. The van der Waals surface area contributed by atoms with Crippen molar-refractivity contribution in [1.82, 2.24) is 20.0 Å². The second-order valence-corrected chi connectivity index (χ2v) is 9.22. The molecule has 7 heteroatoms. The van der Waals surface area contributed by atoms with Crippen LogP contribution in [-0.4, -0.2) is 46.1 Å². The Morgan fingerprint density at radius 3 is 2.84 bits per heavy atom. The highest BCUT2D eigenvalue weighted by Crippen LogP contribution is 2.36. The SMILES string of the molecule is CCNC(=O)[C@@]1(Cc2cccc(-c3cccs3)c2)CCN(C(=O)Cn2cc(C)cn2)C1. The molecule has 1 saturated heterocycles. The van der Waals surface area contributed by atoms with Gasteiger partial charge in [0.05, 0.1) is 11.6 Å². The first kappa shape index (κ1) is 21.3. The third-order valence-corrected chi connectivity index (χ3v) is 6.78. The first-order chi connectivity index (χ1) is 15.0. The monoisotopic (exact) mass is 436 g/mol. The number of aryl methyl sites for hydroxylation is 1. The molecule has 31 heavy (non-hydrogen) atoms. The van der Waals surface area contributed by atoms with Gasteiger partial charge >= 0.3 is 0 Å². The van der Waals surface area contributed by atoms with Crippen LogP contribution in [0.25, 0.3) is 10.4 Å². The van der Waals surface area contributed by atoms with Crippen LogP contribution < -0.4 is 5.32 Å². The number of likely N-dealkylation sites (tertiary alicyclic amines) is 1. The van der Waals surface area contributed by atoms with Gasteiger partial charge in [-0.15, -0.1) is 11.3 Å². The van der Waals surface area contributed by atoms with E-state index in [1.807, 2.05) is 37.1 Å².